The van der Waals surface area contributed by atoms with Crippen LogP contribution in [0.4, 0.5) is 0 Å². The van der Waals surface area contributed by atoms with E-state index in [2.05, 4.69) is 0 Å². The standard InChI is InChI=1S/C13H16O3/c1-4-10(8-12(14)15)13-9(2)6-5-7-11(13)16-3/h5-8H,4H2,1-3H3,(H,14,15)/b10-8+. The van der Waals surface area contributed by atoms with Crippen molar-refractivity contribution in [3.63, 3.8) is 0 Å². The third-order valence-electron chi connectivity index (χ3n) is 2.45. The van der Waals surface area contributed by atoms with Crippen LogP contribution in [0.3, 0.4) is 0 Å². The minimum absolute atomic E-state index is 0.660. The number of allylic oxidation sites excluding steroid dienone is 1. The molecule has 3 nitrogen and oxygen atoms in total. The molecule has 0 atom stereocenters. The smallest absolute Gasteiger partial charge is 0.328 e. The molecule has 0 unspecified atom stereocenters. The first-order chi connectivity index (χ1) is 7.60. The van der Waals surface area contributed by atoms with Crippen molar-refractivity contribution in [2.24, 2.45) is 0 Å². The lowest BCUT2D eigenvalue weighted by Gasteiger charge is -2.13. The third-order valence-corrected chi connectivity index (χ3v) is 2.45. The number of aryl methyl sites for hydroxylation is 1. The summed E-state index contributed by atoms with van der Waals surface area (Å²) in [5.74, 6) is -0.212. The van der Waals surface area contributed by atoms with E-state index in [-0.39, 0.29) is 0 Å². The molecule has 0 saturated heterocycles. The third kappa shape index (κ3) is 2.63. The maximum absolute atomic E-state index is 10.7. The molecule has 0 spiro atoms. The van der Waals surface area contributed by atoms with Gasteiger partial charge in [-0.1, -0.05) is 19.1 Å². The van der Waals surface area contributed by atoms with Gasteiger partial charge in [-0.05, 0) is 30.5 Å². The topological polar surface area (TPSA) is 46.5 Å². The predicted molar refractivity (Wildman–Crippen MR) is 63.6 cm³/mol. The lowest BCUT2D eigenvalue weighted by Crippen LogP contribution is -1.97. The van der Waals surface area contributed by atoms with E-state index in [0.29, 0.717) is 12.2 Å². The average Bonchev–Trinajstić information content (AvgIpc) is 2.25. The highest BCUT2D eigenvalue weighted by Crippen LogP contribution is 2.30. The van der Waals surface area contributed by atoms with Crippen LogP contribution in [0.1, 0.15) is 24.5 Å². The number of ether oxygens (including phenoxy) is 1. The molecule has 0 fully saturated rings. The lowest BCUT2D eigenvalue weighted by atomic mass is 9.97. The Morgan fingerprint density at radius 2 is 2.19 bits per heavy atom. The maximum atomic E-state index is 10.7. The van der Waals surface area contributed by atoms with Gasteiger partial charge in [0.15, 0.2) is 0 Å². The van der Waals surface area contributed by atoms with E-state index in [1.54, 1.807) is 7.11 Å². The molecule has 0 aliphatic rings. The van der Waals surface area contributed by atoms with Gasteiger partial charge < -0.3 is 9.84 Å². The number of methoxy groups -OCH3 is 1. The van der Waals surface area contributed by atoms with E-state index in [0.717, 1.165) is 16.7 Å². The molecule has 0 radical (unpaired) electrons. The molecular formula is C13H16O3. The summed E-state index contributed by atoms with van der Waals surface area (Å²) in [6.07, 6.45) is 1.90. The highest BCUT2D eigenvalue weighted by atomic mass is 16.5. The minimum atomic E-state index is -0.929. The number of carboxylic acids is 1. The van der Waals surface area contributed by atoms with Crippen molar-refractivity contribution in [3.05, 3.63) is 35.4 Å². The largest absolute Gasteiger partial charge is 0.496 e. The molecule has 1 rings (SSSR count). The van der Waals surface area contributed by atoms with Gasteiger partial charge in [-0.25, -0.2) is 4.79 Å². The first-order valence-corrected chi connectivity index (χ1v) is 5.17. The van der Waals surface area contributed by atoms with Gasteiger partial charge in [0.1, 0.15) is 5.75 Å². The Kier molecular flexibility index (Phi) is 4.11. The minimum Gasteiger partial charge on any atom is -0.496 e. The zero-order valence-corrected chi connectivity index (χ0v) is 9.78. The normalized spacial score (nSPS) is 11.3. The van der Waals surface area contributed by atoms with Crippen molar-refractivity contribution >= 4 is 11.5 Å². The molecule has 1 aromatic carbocycles. The zero-order valence-electron chi connectivity index (χ0n) is 9.78. The molecule has 16 heavy (non-hydrogen) atoms. The summed E-state index contributed by atoms with van der Waals surface area (Å²) < 4.78 is 5.26. The van der Waals surface area contributed by atoms with Crippen molar-refractivity contribution in [3.8, 4) is 5.75 Å². The highest BCUT2D eigenvalue weighted by molar-refractivity contribution is 5.91. The number of rotatable bonds is 4. The number of hydrogen-bond donors (Lipinski definition) is 1. The summed E-state index contributed by atoms with van der Waals surface area (Å²) in [6, 6.07) is 5.68. The van der Waals surface area contributed by atoms with Gasteiger partial charge in [0.25, 0.3) is 0 Å². The second-order valence-electron chi connectivity index (χ2n) is 3.51. The SMILES string of the molecule is CC/C(=C\C(=O)O)c1c(C)cccc1OC. The number of hydrogen-bond acceptors (Lipinski definition) is 2. The van der Waals surface area contributed by atoms with Crippen molar-refractivity contribution < 1.29 is 14.6 Å². The molecule has 0 bridgehead atoms. The molecule has 0 amide bonds. The number of benzene rings is 1. The first kappa shape index (κ1) is 12.3. The molecule has 3 heteroatoms. The van der Waals surface area contributed by atoms with Crippen LogP contribution >= 0.6 is 0 Å². The second-order valence-corrected chi connectivity index (χ2v) is 3.51. The van der Waals surface area contributed by atoms with E-state index >= 15 is 0 Å². The van der Waals surface area contributed by atoms with Crippen molar-refractivity contribution in [2.75, 3.05) is 7.11 Å². The van der Waals surface area contributed by atoms with Gasteiger partial charge in [0.2, 0.25) is 0 Å². The van der Waals surface area contributed by atoms with Gasteiger partial charge in [-0.2, -0.15) is 0 Å². The first-order valence-electron chi connectivity index (χ1n) is 5.17. The Hall–Kier alpha value is -1.77. The van der Waals surface area contributed by atoms with Crippen LogP contribution < -0.4 is 4.74 Å². The Balaban J connectivity index is 3.34. The van der Waals surface area contributed by atoms with E-state index in [1.165, 1.54) is 6.08 Å². The maximum Gasteiger partial charge on any atom is 0.328 e. The quantitative estimate of drug-likeness (QED) is 0.793. The second kappa shape index (κ2) is 5.35. The molecule has 0 aliphatic heterocycles. The van der Waals surface area contributed by atoms with Crippen molar-refractivity contribution in [2.45, 2.75) is 20.3 Å². The van der Waals surface area contributed by atoms with E-state index in [1.807, 2.05) is 32.0 Å². The number of carboxylic acid groups (broad SMARTS) is 1. The van der Waals surface area contributed by atoms with Gasteiger partial charge in [0, 0.05) is 11.6 Å². The van der Waals surface area contributed by atoms with Crippen LogP contribution in [0.25, 0.3) is 5.57 Å². The fourth-order valence-electron chi connectivity index (χ4n) is 1.72. The van der Waals surface area contributed by atoms with Crippen molar-refractivity contribution in [1.82, 2.24) is 0 Å². The van der Waals surface area contributed by atoms with Gasteiger partial charge in [0.05, 0.1) is 7.11 Å². The van der Waals surface area contributed by atoms with E-state index in [9.17, 15) is 4.79 Å². The van der Waals surface area contributed by atoms with E-state index in [4.69, 9.17) is 9.84 Å². The molecule has 1 aromatic rings. The summed E-state index contributed by atoms with van der Waals surface area (Å²) >= 11 is 0. The summed E-state index contributed by atoms with van der Waals surface area (Å²) in [4.78, 5) is 10.7. The number of carbonyl (C=O) groups is 1. The summed E-state index contributed by atoms with van der Waals surface area (Å²) in [7, 11) is 1.59. The summed E-state index contributed by atoms with van der Waals surface area (Å²) in [5.41, 5.74) is 2.69. The van der Waals surface area contributed by atoms with Crippen LogP contribution in [0.15, 0.2) is 24.3 Å². The molecule has 1 N–H and O–H groups in total. The molecule has 0 aliphatic carbocycles. The average molecular weight is 220 g/mol. The van der Waals surface area contributed by atoms with Gasteiger partial charge >= 0.3 is 5.97 Å². The van der Waals surface area contributed by atoms with Crippen LogP contribution in [0.5, 0.6) is 5.75 Å². The van der Waals surface area contributed by atoms with Crippen LogP contribution in [-0.4, -0.2) is 18.2 Å². The van der Waals surface area contributed by atoms with Crippen molar-refractivity contribution in [1.29, 1.82) is 0 Å². The Labute approximate surface area is 95.4 Å². The van der Waals surface area contributed by atoms with Gasteiger partial charge in [-0.15, -0.1) is 0 Å². The van der Waals surface area contributed by atoms with Crippen LogP contribution in [0.2, 0.25) is 0 Å². The summed E-state index contributed by atoms with van der Waals surface area (Å²) in [5, 5.41) is 8.81. The van der Waals surface area contributed by atoms with Crippen LogP contribution in [0, 0.1) is 6.92 Å². The van der Waals surface area contributed by atoms with E-state index < -0.39 is 5.97 Å². The summed E-state index contributed by atoms with van der Waals surface area (Å²) in [6.45, 7) is 3.88. The fraction of sp³-hybridized carbons (Fsp3) is 0.308. The van der Waals surface area contributed by atoms with Gasteiger partial charge in [-0.3, -0.25) is 0 Å². The van der Waals surface area contributed by atoms with Crippen LogP contribution in [-0.2, 0) is 4.79 Å². The monoisotopic (exact) mass is 220 g/mol. The lowest BCUT2D eigenvalue weighted by molar-refractivity contribution is -0.131. The molecular weight excluding hydrogens is 204 g/mol. The Morgan fingerprint density at radius 1 is 1.50 bits per heavy atom. The molecule has 0 aromatic heterocycles. The highest BCUT2D eigenvalue weighted by Gasteiger charge is 2.11. The predicted octanol–water partition coefficient (Wildman–Crippen LogP) is 2.88. The zero-order chi connectivity index (χ0) is 12.1. The fourth-order valence-corrected chi connectivity index (χ4v) is 1.72. The molecule has 86 valence electrons. The Morgan fingerprint density at radius 3 is 2.69 bits per heavy atom. The molecule has 0 saturated carbocycles. The number of aliphatic carboxylic acids is 1. The molecule has 0 heterocycles. The Bertz CT molecular complexity index is 419.